The fourth-order valence-electron chi connectivity index (χ4n) is 2.61. The van der Waals surface area contributed by atoms with Gasteiger partial charge in [0.1, 0.15) is 10.2 Å². The Morgan fingerprint density at radius 3 is 2.64 bits per heavy atom. The van der Waals surface area contributed by atoms with Crippen LogP contribution >= 0.6 is 39.1 Å². The molecule has 2 aromatic carbocycles. The molecule has 0 spiro atoms. The van der Waals surface area contributed by atoms with Gasteiger partial charge in [-0.2, -0.15) is 5.26 Å². The topological polar surface area (TPSA) is 65.9 Å². The first-order valence-electron chi connectivity index (χ1n) is 8.10. The van der Waals surface area contributed by atoms with Gasteiger partial charge in [0.05, 0.1) is 17.3 Å². The fraction of sp³-hybridized carbons (Fsp3) is 0.100. The van der Waals surface area contributed by atoms with Crippen molar-refractivity contribution in [1.29, 1.82) is 5.26 Å². The largest absolute Gasteiger partial charge is 0.453 e. The smallest absolute Gasteiger partial charge is 0.266 e. The van der Waals surface area contributed by atoms with Crippen LogP contribution in [0.4, 0.5) is 4.39 Å². The zero-order chi connectivity index (χ0) is 20.3. The number of nitriles is 1. The first-order chi connectivity index (χ1) is 13.4. The molecule has 0 aliphatic heterocycles. The van der Waals surface area contributed by atoms with E-state index < -0.39 is 11.4 Å². The number of hydrogen-bond acceptors (Lipinski definition) is 3. The van der Waals surface area contributed by atoms with Crippen LogP contribution in [0.15, 0.2) is 51.7 Å². The van der Waals surface area contributed by atoms with E-state index in [4.69, 9.17) is 33.2 Å². The lowest BCUT2D eigenvalue weighted by atomic mass is 10.1. The number of nitrogens with one attached hydrogen (secondary N) is 1. The number of benzene rings is 2. The first-order valence-corrected chi connectivity index (χ1v) is 9.65. The molecule has 0 atom stereocenters. The van der Waals surface area contributed by atoms with E-state index >= 15 is 4.39 Å². The Labute approximate surface area is 178 Å². The Kier molecular flexibility index (Phi) is 6.40. The van der Waals surface area contributed by atoms with Crippen LogP contribution in [0.25, 0.3) is 0 Å². The fourth-order valence-corrected chi connectivity index (χ4v) is 3.40. The summed E-state index contributed by atoms with van der Waals surface area (Å²) in [5.41, 5.74) is 0.738. The molecular weight excluding hydrogens is 470 g/mol. The van der Waals surface area contributed by atoms with Crippen LogP contribution in [0.5, 0.6) is 11.5 Å². The number of hydrogen-bond donors (Lipinski definition) is 1. The zero-order valence-corrected chi connectivity index (χ0v) is 17.3. The summed E-state index contributed by atoms with van der Waals surface area (Å²) in [7, 11) is 0. The summed E-state index contributed by atoms with van der Waals surface area (Å²) in [4.78, 5) is 14.7. The highest BCUT2D eigenvalue weighted by Gasteiger charge is 2.19. The summed E-state index contributed by atoms with van der Waals surface area (Å²) in [5, 5.41) is 9.88. The predicted octanol–water partition coefficient (Wildman–Crippen LogP) is 6.03. The number of H-pyrrole nitrogens is 1. The van der Waals surface area contributed by atoms with Gasteiger partial charge in [0, 0.05) is 10.0 Å². The summed E-state index contributed by atoms with van der Waals surface area (Å²) < 4.78 is 20.5. The summed E-state index contributed by atoms with van der Waals surface area (Å²) in [6.07, 6.45) is 0.717. The van der Waals surface area contributed by atoms with Crippen molar-refractivity contribution >= 4 is 39.1 Å². The van der Waals surface area contributed by atoms with E-state index in [1.165, 1.54) is 18.2 Å². The zero-order valence-electron chi connectivity index (χ0n) is 14.2. The molecule has 0 saturated heterocycles. The second kappa shape index (κ2) is 8.78. The molecule has 142 valence electrons. The molecule has 3 rings (SSSR count). The Bertz CT molecular complexity index is 1140. The molecule has 0 amide bonds. The molecule has 0 fully saturated rings. The van der Waals surface area contributed by atoms with Gasteiger partial charge in [-0.25, -0.2) is 4.39 Å². The first kappa shape index (κ1) is 20.4. The molecular formula is C20H12BrCl2FN2O2. The quantitative estimate of drug-likeness (QED) is 0.483. The van der Waals surface area contributed by atoms with Crippen molar-refractivity contribution in [2.75, 3.05) is 0 Å². The van der Waals surface area contributed by atoms with E-state index in [9.17, 15) is 4.79 Å². The molecule has 0 aliphatic carbocycles. The van der Waals surface area contributed by atoms with Crippen molar-refractivity contribution in [2.24, 2.45) is 0 Å². The number of aromatic amines is 1. The number of pyridine rings is 1. The van der Waals surface area contributed by atoms with Crippen LogP contribution in [0.1, 0.15) is 16.8 Å². The molecule has 1 N–H and O–H groups in total. The van der Waals surface area contributed by atoms with Gasteiger partial charge in [0.2, 0.25) is 0 Å². The molecule has 4 nitrogen and oxygen atoms in total. The van der Waals surface area contributed by atoms with Gasteiger partial charge in [-0.3, -0.25) is 4.79 Å². The number of nitrogens with zero attached hydrogens (tertiary/aromatic N) is 1. The molecule has 0 unspecified atom stereocenters. The Morgan fingerprint density at radius 2 is 1.93 bits per heavy atom. The van der Waals surface area contributed by atoms with Crippen LogP contribution in [0.3, 0.4) is 0 Å². The van der Waals surface area contributed by atoms with Crippen molar-refractivity contribution < 1.29 is 9.13 Å². The van der Waals surface area contributed by atoms with Crippen molar-refractivity contribution in [1.82, 2.24) is 4.98 Å². The highest BCUT2D eigenvalue weighted by atomic mass is 79.9. The highest BCUT2D eigenvalue weighted by Crippen LogP contribution is 2.33. The molecule has 0 radical (unpaired) electrons. The van der Waals surface area contributed by atoms with Gasteiger partial charge in [0.25, 0.3) is 5.56 Å². The maximum atomic E-state index is 15.0. The monoisotopic (exact) mass is 480 g/mol. The molecule has 28 heavy (non-hydrogen) atoms. The number of aryl methyl sites for hydroxylation is 2. The van der Waals surface area contributed by atoms with Crippen LogP contribution in [0, 0.1) is 17.1 Å². The van der Waals surface area contributed by atoms with E-state index in [0.29, 0.717) is 11.4 Å². The number of ether oxygens (including phenoxy) is 1. The summed E-state index contributed by atoms with van der Waals surface area (Å²) in [6, 6.07) is 13.4. The van der Waals surface area contributed by atoms with Gasteiger partial charge in [-0.1, -0.05) is 35.3 Å². The summed E-state index contributed by atoms with van der Waals surface area (Å²) in [5.74, 6) is -0.821. The molecule has 1 aromatic heterocycles. The van der Waals surface area contributed by atoms with Gasteiger partial charge in [-0.15, -0.1) is 0 Å². The van der Waals surface area contributed by atoms with E-state index in [0.717, 1.165) is 5.56 Å². The predicted molar refractivity (Wildman–Crippen MR) is 110 cm³/mol. The van der Waals surface area contributed by atoms with Crippen molar-refractivity contribution in [3.8, 4) is 17.6 Å². The SMILES string of the molecule is N#Cc1cc(Cl)cc(Oc2c(F)c(CCc3cccc(Cl)c3)[nH]c(=O)c2Br)c1. The molecule has 3 aromatic rings. The van der Waals surface area contributed by atoms with Crippen LogP contribution < -0.4 is 10.3 Å². The maximum absolute atomic E-state index is 15.0. The Balaban J connectivity index is 1.93. The lowest BCUT2D eigenvalue weighted by molar-refractivity contribution is 0.430. The standard InChI is InChI=1S/C20H12BrCl2FN2O2/c21-17-19(28-15-8-12(10-25)7-14(23)9-15)18(24)16(26-20(17)27)5-4-11-2-1-3-13(22)6-11/h1-3,6-9H,4-5H2,(H,26,27). The van der Waals surface area contributed by atoms with Gasteiger partial charge in [0.15, 0.2) is 11.6 Å². The van der Waals surface area contributed by atoms with E-state index in [1.807, 2.05) is 12.1 Å². The molecule has 0 bridgehead atoms. The molecule has 0 saturated carbocycles. The second-order valence-electron chi connectivity index (χ2n) is 5.91. The van der Waals surface area contributed by atoms with Crippen molar-refractivity contribution in [3.63, 3.8) is 0 Å². The summed E-state index contributed by atoms with van der Waals surface area (Å²) >= 11 is 15.0. The highest BCUT2D eigenvalue weighted by molar-refractivity contribution is 9.10. The van der Waals surface area contributed by atoms with Crippen LogP contribution in [0.2, 0.25) is 10.0 Å². The van der Waals surface area contributed by atoms with Gasteiger partial charge in [-0.05, 0) is 64.7 Å². The third-order valence-electron chi connectivity index (χ3n) is 3.90. The third kappa shape index (κ3) is 4.74. The average Bonchev–Trinajstić information content (AvgIpc) is 2.66. The van der Waals surface area contributed by atoms with Crippen LogP contribution in [-0.4, -0.2) is 4.98 Å². The minimum Gasteiger partial charge on any atom is -0.453 e. The summed E-state index contributed by atoms with van der Waals surface area (Å²) in [6.45, 7) is 0. The second-order valence-corrected chi connectivity index (χ2v) is 7.58. The van der Waals surface area contributed by atoms with Crippen molar-refractivity contribution in [2.45, 2.75) is 12.8 Å². The average molecular weight is 482 g/mol. The number of aromatic nitrogens is 1. The van der Waals surface area contributed by atoms with Crippen LogP contribution in [-0.2, 0) is 12.8 Å². The van der Waals surface area contributed by atoms with Crippen molar-refractivity contribution in [3.05, 3.63) is 90.0 Å². The third-order valence-corrected chi connectivity index (χ3v) is 5.07. The molecule has 1 heterocycles. The lowest BCUT2D eigenvalue weighted by Gasteiger charge is -2.12. The van der Waals surface area contributed by atoms with E-state index in [-0.39, 0.29) is 38.7 Å². The molecule has 8 heteroatoms. The van der Waals surface area contributed by atoms with Gasteiger partial charge >= 0.3 is 0 Å². The van der Waals surface area contributed by atoms with Gasteiger partial charge < -0.3 is 9.72 Å². The van der Waals surface area contributed by atoms with E-state index in [2.05, 4.69) is 20.9 Å². The molecule has 0 aliphatic rings. The maximum Gasteiger partial charge on any atom is 0.266 e. The number of halogens is 4. The minimum absolute atomic E-state index is 0.0880. The minimum atomic E-state index is -0.702. The Morgan fingerprint density at radius 1 is 1.14 bits per heavy atom. The lowest BCUT2D eigenvalue weighted by Crippen LogP contribution is -2.15. The van der Waals surface area contributed by atoms with E-state index in [1.54, 1.807) is 18.2 Å². The Hall–Kier alpha value is -2.33. The number of rotatable bonds is 5. The normalized spacial score (nSPS) is 10.5.